The number of aliphatic hydroxyl groups excluding tert-OH is 1. The van der Waals surface area contributed by atoms with E-state index in [4.69, 9.17) is 9.63 Å². The topological polar surface area (TPSA) is 88.2 Å². The van der Waals surface area contributed by atoms with Gasteiger partial charge in [0.1, 0.15) is 0 Å². The van der Waals surface area contributed by atoms with Gasteiger partial charge in [-0.15, -0.1) is 0 Å². The van der Waals surface area contributed by atoms with Crippen LogP contribution in [0.1, 0.15) is 58.2 Å². The van der Waals surface area contributed by atoms with Crippen LogP contribution in [-0.2, 0) is 11.2 Å². The number of nitrogens with zero attached hydrogens (tertiary/aromatic N) is 2. The van der Waals surface area contributed by atoms with E-state index in [9.17, 15) is 4.79 Å². The van der Waals surface area contributed by atoms with Crippen molar-refractivity contribution in [3.63, 3.8) is 0 Å². The number of carbonyl (C=O) groups is 1. The van der Waals surface area contributed by atoms with Gasteiger partial charge in [0.15, 0.2) is 5.82 Å². The Bertz CT molecular complexity index is 427. The molecule has 6 nitrogen and oxygen atoms in total. The van der Waals surface area contributed by atoms with Crippen LogP contribution in [0.5, 0.6) is 0 Å². The quantitative estimate of drug-likeness (QED) is 0.757. The van der Waals surface area contributed by atoms with Crippen molar-refractivity contribution in [2.24, 2.45) is 5.41 Å². The lowest BCUT2D eigenvalue weighted by Crippen LogP contribution is -2.34. The molecular formula is C14H25N3O3. The molecule has 20 heavy (non-hydrogen) atoms. The molecular weight excluding hydrogens is 258 g/mol. The fraction of sp³-hybridized carbons (Fsp3) is 0.786. The van der Waals surface area contributed by atoms with Crippen molar-refractivity contribution in [1.82, 2.24) is 15.5 Å². The smallest absolute Gasteiger partial charge is 0.227 e. The van der Waals surface area contributed by atoms with Crippen LogP contribution < -0.4 is 5.32 Å². The summed E-state index contributed by atoms with van der Waals surface area (Å²) in [5, 5.41) is 15.7. The van der Waals surface area contributed by atoms with E-state index in [-0.39, 0.29) is 23.8 Å². The molecule has 0 spiro atoms. The van der Waals surface area contributed by atoms with Crippen LogP contribution in [0.3, 0.4) is 0 Å². The minimum Gasteiger partial charge on any atom is -0.396 e. The molecule has 0 fully saturated rings. The highest BCUT2D eigenvalue weighted by Crippen LogP contribution is 2.18. The molecule has 0 aromatic carbocycles. The second-order valence-corrected chi connectivity index (χ2v) is 6.12. The van der Waals surface area contributed by atoms with Crippen molar-refractivity contribution in [1.29, 1.82) is 0 Å². The summed E-state index contributed by atoms with van der Waals surface area (Å²) in [5.74, 6) is 1.35. The van der Waals surface area contributed by atoms with Gasteiger partial charge in [0.2, 0.25) is 11.8 Å². The monoisotopic (exact) mass is 283 g/mol. The molecule has 0 atom stereocenters. The molecule has 0 saturated carbocycles. The van der Waals surface area contributed by atoms with Crippen molar-refractivity contribution < 1.29 is 14.4 Å². The van der Waals surface area contributed by atoms with Gasteiger partial charge in [0.25, 0.3) is 0 Å². The molecule has 0 bridgehead atoms. The van der Waals surface area contributed by atoms with Gasteiger partial charge in [-0.25, -0.2) is 0 Å². The predicted octanol–water partition coefficient (Wildman–Crippen LogP) is 1.65. The van der Waals surface area contributed by atoms with Crippen LogP contribution in [0.25, 0.3) is 0 Å². The highest BCUT2D eigenvalue weighted by Gasteiger charge is 2.18. The van der Waals surface area contributed by atoms with E-state index in [2.05, 4.69) is 15.5 Å². The first-order valence-electron chi connectivity index (χ1n) is 7.04. The lowest BCUT2D eigenvalue weighted by Gasteiger charge is -2.23. The Morgan fingerprint density at radius 1 is 1.45 bits per heavy atom. The maximum atomic E-state index is 11.7. The van der Waals surface area contributed by atoms with Gasteiger partial charge in [-0.3, -0.25) is 4.79 Å². The van der Waals surface area contributed by atoms with Crippen LogP contribution in [0.2, 0.25) is 0 Å². The summed E-state index contributed by atoms with van der Waals surface area (Å²) in [6, 6.07) is 0. The summed E-state index contributed by atoms with van der Waals surface area (Å²) in [6.45, 7) is 8.68. The Morgan fingerprint density at radius 3 is 2.70 bits per heavy atom. The largest absolute Gasteiger partial charge is 0.396 e. The Hall–Kier alpha value is -1.43. The van der Waals surface area contributed by atoms with E-state index in [0.717, 1.165) is 0 Å². The van der Waals surface area contributed by atoms with E-state index in [1.54, 1.807) is 0 Å². The zero-order chi connectivity index (χ0) is 15.2. The molecule has 1 aromatic heterocycles. The fourth-order valence-electron chi connectivity index (χ4n) is 1.64. The van der Waals surface area contributed by atoms with Gasteiger partial charge in [-0.05, 0) is 11.8 Å². The average molecular weight is 283 g/mol. The summed E-state index contributed by atoms with van der Waals surface area (Å²) < 4.78 is 5.09. The van der Waals surface area contributed by atoms with Crippen LogP contribution in [0, 0.1) is 5.41 Å². The Labute approximate surface area is 120 Å². The Morgan fingerprint density at radius 2 is 2.15 bits per heavy atom. The van der Waals surface area contributed by atoms with Crippen LogP contribution in [0.4, 0.5) is 0 Å². The zero-order valence-corrected chi connectivity index (χ0v) is 12.8. The van der Waals surface area contributed by atoms with Crippen molar-refractivity contribution in [3.05, 3.63) is 11.7 Å². The summed E-state index contributed by atoms with van der Waals surface area (Å²) >= 11 is 0. The molecule has 0 saturated heterocycles. The molecule has 0 radical (unpaired) electrons. The van der Waals surface area contributed by atoms with Crippen molar-refractivity contribution in [2.45, 2.75) is 52.9 Å². The van der Waals surface area contributed by atoms with Crippen molar-refractivity contribution in [2.75, 3.05) is 13.2 Å². The second kappa shape index (κ2) is 7.38. The first kappa shape index (κ1) is 16.6. The number of aromatic nitrogens is 2. The number of carbonyl (C=O) groups excluding carboxylic acids is 1. The molecule has 6 heteroatoms. The third-order valence-electron chi connectivity index (χ3n) is 3.12. The lowest BCUT2D eigenvalue weighted by molar-refractivity contribution is -0.121. The maximum Gasteiger partial charge on any atom is 0.227 e. The van der Waals surface area contributed by atoms with E-state index >= 15 is 0 Å². The molecule has 1 amide bonds. The van der Waals surface area contributed by atoms with Gasteiger partial charge in [0.05, 0.1) is 0 Å². The zero-order valence-electron chi connectivity index (χ0n) is 12.8. The molecule has 1 aromatic rings. The normalized spacial score (nSPS) is 11.9. The molecule has 0 aliphatic rings. The number of hydrogen-bond acceptors (Lipinski definition) is 5. The Balaban J connectivity index is 2.32. The van der Waals surface area contributed by atoms with E-state index < -0.39 is 0 Å². The van der Waals surface area contributed by atoms with Gasteiger partial charge >= 0.3 is 0 Å². The summed E-state index contributed by atoms with van der Waals surface area (Å²) in [7, 11) is 0. The van der Waals surface area contributed by atoms with Crippen LogP contribution in [0.15, 0.2) is 4.52 Å². The highest BCUT2D eigenvalue weighted by atomic mass is 16.5. The molecule has 0 aliphatic heterocycles. The number of hydrogen-bond donors (Lipinski definition) is 2. The van der Waals surface area contributed by atoms with Gasteiger partial charge in [-0.1, -0.05) is 32.9 Å². The summed E-state index contributed by atoms with van der Waals surface area (Å²) in [4.78, 5) is 16.0. The number of aliphatic hydroxyl groups is 1. The maximum absolute atomic E-state index is 11.7. The van der Waals surface area contributed by atoms with Crippen LogP contribution in [-0.4, -0.2) is 34.3 Å². The number of rotatable bonds is 8. The predicted molar refractivity (Wildman–Crippen MR) is 75.2 cm³/mol. The molecule has 1 rings (SSSR count). The fourth-order valence-corrected chi connectivity index (χ4v) is 1.64. The third-order valence-corrected chi connectivity index (χ3v) is 3.12. The molecule has 1 heterocycles. The minimum atomic E-state index is -0.0975. The minimum absolute atomic E-state index is 0.0414. The number of aryl methyl sites for hydroxylation is 1. The average Bonchev–Trinajstić information content (AvgIpc) is 2.83. The summed E-state index contributed by atoms with van der Waals surface area (Å²) in [5.41, 5.74) is -0.0975. The number of nitrogens with one attached hydrogen (secondary N) is 1. The molecule has 2 N–H and O–H groups in total. The lowest BCUT2D eigenvalue weighted by atomic mass is 9.90. The molecule has 114 valence electrons. The first-order chi connectivity index (χ1) is 9.34. The van der Waals surface area contributed by atoms with Crippen LogP contribution >= 0.6 is 0 Å². The van der Waals surface area contributed by atoms with Crippen molar-refractivity contribution >= 4 is 5.91 Å². The molecule has 0 aliphatic carbocycles. The highest BCUT2D eigenvalue weighted by molar-refractivity contribution is 5.76. The third kappa shape index (κ3) is 5.69. The van der Waals surface area contributed by atoms with E-state index in [1.165, 1.54) is 0 Å². The van der Waals surface area contributed by atoms with E-state index in [0.29, 0.717) is 37.5 Å². The van der Waals surface area contributed by atoms with Gasteiger partial charge in [-0.2, -0.15) is 4.98 Å². The number of amides is 1. The SMILES string of the molecule is CC(C)c1noc(CCC(=O)NCC(C)(C)CCO)n1. The summed E-state index contributed by atoms with van der Waals surface area (Å²) in [6.07, 6.45) is 1.44. The standard InChI is InChI=1S/C14H25N3O3/c1-10(2)13-16-12(20-17-13)6-5-11(19)15-9-14(3,4)7-8-18/h10,18H,5-9H2,1-4H3,(H,15,19). The van der Waals surface area contributed by atoms with Gasteiger partial charge in [0, 0.05) is 31.9 Å². The molecule has 0 unspecified atom stereocenters. The van der Waals surface area contributed by atoms with Crippen molar-refractivity contribution in [3.8, 4) is 0 Å². The Kier molecular flexibility index (Phi) is 6.13. The first-order valence-corrected chi connectivity index (χ1v) is 7.04. The second-order valence-electron chi connectivity index (χ2n) is 6.12. The van der Waals surface area contributed by atoms with E-state index in [1.807, 2.05) is 27.7 Å². The van der Waals surface area contributed by atoms with Gasteiger partial charge < -0.3 is 14.9 Å².